The van der Waals surface area contributed by atoms with Crippen LogP contribution >= 0.6 is 23.1 Å². The Kier molecular flexibility index (Phi) is 8.42. The molecule has 0 saturated carbocycles. The predicted molar refractivity (Wildman–Crippen MR) is 161 cm³/mol. The number of thioether (sulfide) groups is 1. The van der Waals surface area contributed by atoms with Crippen LogP contribution in [0.5, 0.6) is 0 Å². The molecule has 1 atom stereocenters. The number of nitrogens with one attached hydrogen (secondary N) is 1. The first-order chi connectivity index (χ1) is 20.2. The summed E-state index contributed by atoms with van der Waals surface area (Å²) in [5.41, 5.74) is 11.9. The third kappa shape index (κ3) is 5.66. The minimum atomic E-state index is -0.670. The highest BCUT2D eigenvalue weighted by Gasteiger charge is 2.41. The number of nitrogens with zero attached hydrogens (tertiary/aromatic N) is 4. The van der Waals surface area contributed by atoms with E-state index in [4.69, 9.17) is 10.5 Å². The topological polar surface area (TPSA) is 151 Å². The van der Waals surface area contributed by atoms with Gasteiger partial charge in [-0.15, -0.1) is 10.2 Å². The van der Waals surface area contributed by atoms with E-state index in [9.17, 15) is 19.6 Å². The number of anilines is 2. The summed E-state index contributed by atoms with van der Waals surface area (Å²) >= 11 is 2.48. The molecule has 42 heavy (non-hydrogen) atoms. The van der Waals surface area contributed by atoms with Gasteiger partial charge in [0.1, 0.15) is 5.82 Å². The maximum Gasteiger partial charge on any atom is 0.337 e. The number of aryl methyl sites for hydroxylation is 2. The zero-order valence-electron chi connectivity index (χ0n) is 23.3. The first kappa shape index (κ1) is 29.0. The van der Waals surface area contributed by atoms with Gasteiger partial charge in [-0.1, -0.05) is 52.9 Å². The van der Waals surface area contributed by atoms with Crippen LogP contribution in [-0.2, 0) is 14.3 Å². The molecule has 2 aromatic carbocycles. The van der Waals surface area contributed by atoms with Crippen molar-refractivity contribution >= 4 is 51.6 Å². The van der Waals surface area contributed by atoms with Crippen molar-refractivity contribution in [2.24, 2.45) is 5.73 Å². The van der Waals surface area contributed by atoms with Gasteiger partial charge < -0.3 is 15.8 Å². The molecule has 0 spiro atoms. The van der Waals surface area contributed by atoms with E-state index in [1.165, 1.54) is 30.2 Å². The van der Waals surface area contributed by atoms with Gasteiger partial charge in [0.15, 0.2) is 10.1 Å². The van der Waals surface area contributed by atoms with Gasteiger partial charge in [0.05, 0.1) is 36.0 Å². The first-order valence-electron chi connectivity index (χ1n) is 13.2. The molecule has 12 heteroatoms. The van der Waals surface area contributed by atoms with Crippen molar-refractivity contribution in [3.63, 3.8) is 0 Å². The van der Waals surface area contributed by atoms with Gasteiger partial charge in [-0.05, 0) is 56.0 Å². The van der Waals surface area contributed by atoms with Crippen molar-refractivity contribution in [2.75, 3.05) is 23.1 Å². The number of carbonyl (C=O) groups excluding carboxylic acids is 3. The van der Waals surface area contributed by atoms with Crippen LogP contribution in [0.2, 0.25) is 0 Å². The third-order valence-electron chi connectivity index (χ3n) is 7.15. The molecule has 2 heterocycles. The SMILES string of the molecule is COC(=O)c1ccc(C2C(C#N)=C(N)N(c3nnc(SCC(=O)Nc4ccc(C)cc4C)s3)C3=C2C(=O)CCC3)cc1. The smallest absolute Gasteiger partial charge is 0.337 e. The summed E-state index contributed by atoms with van der Waals surface area (Å²) in [6.45, 7) is 3.94. The highest BCUT2D eigenvalue weighted by atomic mass is 32.2. The summed E-state index contributed by atoms with van der Waals surface area (Å²) in [7, 11) is 1.30. The summed E-state index contributed by atoms with van der Waals surface area (Å²) in [6, 6.07) is 14.7. The second kappa shape index (κ2) is 12.2. The van der Waals surface area contributed by atoms with E-state index in [2.05, 4.69) is 21.6 Å². The van der Waals surface area contributed by atoms with Crippen molar-refractivity contribution in [3.05, 3.63) is 87.4 Å². The fourth-order valence-corrected chi connectivity index (χ4v) is 6.87. The lowest BCUT2D eigenvalue weighted by molar-refractivity contribution is -0.116. The highest BCUT2D eigenvalue weighted by Crippen LogP contribution is 2.47. The lowest BCUT2D eigenvalue weighted by Crippen LogP contribution is -2.38. The Bertz CT molecular complexity index is 1690. The molecule has 2 aliphatic rings. The van der Waals surface area contributed by atoms with E-state index in [1.807, 2.05) is 32.0 Å². The number of methoxy groups -OCH3 is 1. The lowest BCUT2D eigenvalue weighted by Gasteiger charge is -2.38. The molecule has 10 nitrogen and oxygen atoms in total. The number of nitrogens with two attached hydrogens (primary N) is 1. The number of nitriles is 1. The molecule has 214 valence electrons. The number of allylic oxidation sites excluding steroid dienone is 3. The number of ketones is 1. The van der Waals surface area contributed by atoms with Crippen LogP contribution in [0.3, 0.4) is 0 Å². The van der Waals surface area contributed by atoms with Gasteiger partial charge >= 0.3 is 5.97 Å². The number of Topliss-reactive ketones (excluding diaryl/α,β-unsaturated/α-hetero) is 1. The Labute approximate surface area is 251 Å². The molecule has 3 aromatic rings. The van der Waals surface area contributed by atoms with E-state index in [-0.39, 0.29) is 28.8 Å². The summed E-state index contributed by atoms with van der Waals surface area (Å²) in [5.74, 6) is -1.08. The highest BCUT2D eigenvalue weighted by molar-refractivity contribution is 8.01. The van der Waals surface area contributed by atoms with Crippen LogP contribution < -0.4 is 16.0 Å². The van der Waals surface area contributed by atoms with E-state index in [0.717, 1.165) is 16.8 Å². The molecule has 1 aliphatic heterocycles. The van der Waals surface area contributed by atoms with Crippen LogP contribution in [0.1, 0.15) is 52.2 Å². The van der Waals surface area contributed by atoms with Gasteiger partial charge in [-0.3, -0.25) is 14.5 Å². The quantitative estimate of drug-likeness (QED) is 0.281. The Hall–Kier alpha value is -4.47. The molecule has 1 aliphatic carbocycles. The predicted octanol–water partition coefficient (Wildman–Crippen LogP) is 4.98. The molecule has 1 amide bonds. The summed E-state index contributed by atoms with van der Waals surface area (Å²) in [5, 5.41) is 22.1. The van der Waals surface area contributed by atoms with E-state index >= 15 is 0 Å². The minimum Gasteiger partial charge on any atom is -0.465 e. The number of esters is 1. The van der Waals surface area contributed by atoms with Crippen LogP contribution in [0.15, 0.2) is 69.5 Å². The summed E-state index contributed by atoms with van der Waals surface area (Å²) in [4.78, 5) is 39.5. The Morgan fingerprint density at radius 2 is 1.95 bits per heavy atom. The zero-order valence-corrected chi connectivity index (χ0v) is 24.9. The third-order valence-corrected chi connectivity index (χ3v) is 9.19. The average molecular weight is 601 g/mol. The first-order valence-corrected chi connectivity index (χ1v) is 15.0. The van der Waals surface area contributed by atoms with E-state index in [1.54, 1.807) is 29.2 Å². The normalized spacial score (nSPS) is 16.7. The number of benzene rings is 2. The fourth-order valence-electron chi connectivity index (χ4n) is 5.19. The molecule has 0 fully saturated rings. The van der Waals surface area contributed by atoms with Crippen molar-refractivity contribution in [1.82, 2.24) is 10.2 Å². The monoisotopic (exact) mass is 600 g/mol. The standard InChI is InChI=1S/C30H28N6O4S2/c1-16-7-12-21(17(2)13-16)33-24(38)15-41-30-35-34-29(42-30)36-22-5-4-6-23(37)26(22)25(20(14-31)27(36)32)18-8-10-19(11-9-18)28(39)40-3/h7-13,25H,4-6,15,32H2,1-3H3,(H,33,38). The van der Waals surface area contributed by atoms with Crippen LogP contribution in [0.4, 0.5) is 10.8 Å². The number of amides is 1. The van der Waals surface area contributed by atoms with Crippen LogP contribution in [-0.4, -0.2) is 40.7 Å². The number of aromatic nitrogens is 2. The van der Waals surface area contributed by atoms with E-state index < -0.39 is 11.9 Å². The molecular formula is C30H28N6O4S2. The molecular weight excluding hydrogens is 573 g/mol. The van der Waals surface area contributed by atoms with Gasteiger partial charge in [0.2, 0.25) is 11.0 Å². The number of rotatable bonds is 7. The van der Waals surface area contributed by atoms with Crippen molar-refractivity contribution in [3.8, 4) is 6.07 Å². The van der Waals surface area contributed by atoms with Crippen molar-refractivity contribution < 1.29 is 19.1 Å². The second-order valence-electron chi connectivity index (χ2n) is 9.94. The molecule has 0 radical (unpaired) electrons. The Balaban J connectivity index is 1.41. The zero-order chi connectivity index (χ0) is 30.0. The minimum absolute atomic E-state index is 0.0641. The number of hydrogen-bond acceptors (Lipinski definition) is 11. The fraction of sp³-hybridized carbons (Fsp3) is 0.267. The van der Waals surface area contributed by atoms with Gasteiger partial charge in [-0.25, -0.2) is 4.79 Å². The van der Waals surface area contributed by atoms with E-state index in [0.29, 0.717) is 51.1 Å². The molecule has 0 saturated heterocycles. The number of hydrogen-bond donors (Lipinski definition) is 2. The second-order valence-corrected chi connectivity index (χ2v) is 12.1. The molecule has 0 bridgehead atoms. The van der Waals surface area contributed by atoms with Gasteiger partial charge in [0, 0.05) is 23.4 Å². The maximum absolute atomic E-state index is 13.3. The molecule has 1 unspecified atom stereocenters. The molecule has 1 aromatic heterocycles. The largest absolute Gasteiger partial charge is 0.465 e. The Morgan fingerprint density at radius 3 is 2.64 bits per heavy atom. The van der Waals surface area contributed by atoms with Crippen LogP contribution in [0, 0.1) is 25.2 Å². The number of ether oxygens (including phenoxy) is 1. The Morgan fingerprint density at radius 1 is 1.19 bits per heavy atom. The summed E-state index contributed by atoms with van der Waals surface area (Å²) in [6.07, 6.45) is 1.56. The number of carbonyl (C=O) groups is 3. The molecule has 3 N–H and O–H groups in total. The lowest BCUT2D eigenvalue weighted by atomic mass is 9.75. The van der Waals surface area contributed by atoms with Crippen LogP contribution in [0.25, 0.3) is 0 Å². The van der Waals surface area contributed by atoms with Gasteiger partial charge in [-0.2, -0.15) is 5.26 Å². The van der Waals surface area contributed by atoms with Crippen molar-refractivity contribution in [2.45, 2.75) is 43.4 Å². The average Bonchev–Trinajstić information content (AvgIpc) is 3.45. The summed E-state index contributed by atoms with van der Waals surface area (Å²) < 4.78 is 5.34. The van der Waals surface area contributed by atoms with Crippen molar-refractivity contribution in [1.29, 1.82) is 5.26 Å². The molecule has 5 rings (SSSR count). The van der Waals surface area contributed by atoms with Gasteiger partial charge in [0.25, 0.3) is 0 Å². The maximum atomic E-state index is 13.3.